The fraction of sp³-hybridized carbons (Fsp3) is 0.364. The molecule has 1 aromatic carbocycles. The van der Waals surface area contributed by atoms with Gasteiger partial charge < -0.3 is 10.8 Å². The molecule has 1 rings (SSSR count). The molecule has 82 valence electrons. The first-order valence-corrected chi connectivity index (χ1v) is 4.84. The van der Waals surface area contributed by atoms with Crippen LogP contribution >= 0.6 is 0 Å². The fourth-order valence-electron chi connectivity index (χ4n) is 1.43. The van der Waals surface area contributed by atoms with E-state index >= 15 is 0 Å². The van der Waals surface area contributed by atoms with Crippen molar-refractivity contribution in [3.05, 3.63) is 35.1 Å². The lowest BCUT2D eigenvalue weighted by Crippen LogP contribution is -2.13. The van der Waals surface area contributed by atoms with Crippen molar-refractivity contribution in [2.45, 2.75) is 25.8 Å². The number of halogens is 1. The maximum atomic E-state index is 13.3. The molecule has 0 aliphatic carbocycles. The van der Waals surface area contributed by atoms with Crippen LogP contribution in [0.1, 0.15) is 41.7 Å². The molecule has 0 saturated heterocycles. The SMILES string of the molecule is CCC[C@@H](N)c1cc(C(=O)O)ccc1F. The lowest BCUT2D eigenvalue weighted by Gasteiger charge is -2.12. The molecule has 0 heterocycles. The summed E-state index contributed by atoms with van der Waals surface area (Å²) in [6.45, 7) is 1.94. The van der Waals surface area contributed by atoms with E-state index in [9.17, 15) is 9.18 Å². The summed E-state index contributed by atoms with van der Waals surface area (Å²) in [5, 5.41) is 8.75. The van der Waals surface area contributed by atoms with E-state index in [1.807, 2.05) is 6.92 Å². The van der Waals surface area contributed by atoms with Gasteiger partial charge in [-0.2, -0.15) is 0 Å². The molecule has 3 N–H and O–H groups in total. The second-order valence-electron chi connectivity index (χ2n) is 3.44. The van der Waals surface area contributed by atoms with Crippen LogP contribution in [0.4, 0.5) is 4.39 Å². The van der Waals surface area contributed by atoms with Crippen LogP contribution in [-0.2, 0) is 0 Å². The van der Waals surface area contributed by atoms with Gasteiger partial charge in [-0.05, 0) is 24.6 Å². The van der Waals surface area contributed by atoms with Gasteiger partial charge in [0.15, 0.2) is 0 Å². The topological polar surface area (TPSA) is 63.3 Å². The number of carboxylic acid groups (broad SMARTS) is 1. The van der Waals surface area contributed by atoms with Crippen molar-refractivity contribution in [3.63, 3.8) is 0 Å². The van der Waals surface area contributed by atoms with E-state index in [2.05, 4.69) is 0 Å². The van der Waals surface area contributed by atoms with E-state index in [4.69, 9.17) is 10.8 Å². The number of benzene rings is 1. The van der Waals surface area contributed by atoms with Crippen molar-refractivity contribution in [3.8, 4) is 0 Å². The first-order chi connectivity index (χ1) is 7.06. The predicted octanol–water partition coefficient (Wildman–Crippen LogP) is 2.32. The van der Waals surface area contributed by atoms with Gasteiger partial charge in [-0.3, -0.25) is 0 Å². The molecule has 1 aromatic rings. The third kappa shape index (κ3) is 2.76. The molecule has 1 atom stereocenters. The Labute approximate surface area is 87.7 Å². The largest absolute Gasteiger partial charge is 0.478 e. The Morgan fingerprint density at radius 3 is 2.80 bits per heavy atom. The van der Waals surface area contributed by atoms with Gasteiger partial charge >= 0.3 is 5.97 Å². The molecule has 3 nitrogen and oxygen atoms in total. The van der Waals surface area contributed by atoms with Crippen molar-refractivity contribution in [2.24, 2.45) is 5.73 Å². The fourth-order valence-corrected chi connectivity index (χ4v) is 1.43. The molecule has 0 amide bonds. The highest BCUT2D eigenvalue weighted by molar-refractivity contribution is 5.87. The second-order valence-corrected chi connectivity index (χ2v) is 3.44. The molecule has 4 heteroatoms. The second kappa shape index (κ2) is 4.89. The van der Waals surface area contributed by atoms with E-state index in [-0.39, 0.29) is 11.1 Å². The summed E-state index contributed by atoms with van der Waals surface area (Å²) >= 11 is 0. The summed E-state index contributed by atoms with van der Waals surface area (Å²) in [4.78, 5) is 10.7. The minimum Gasteiger partial charge on any atom is -0.478 e. The zero-order chi connectivity index (χ0) is 11.4. The zero-order valence-electron chi connectivity index (χ0n) is 8.53. The Hall–Kier alpha value is -1.42. The summed E-state index contributed by atoms with van der Waals surface area (Å²) in [5.74, 6) is -1.51. The standard InChI is InChI=1S/C11H14FNO2/c1-2-3-10(13)8-6-7(11(14)15)4-5-9(8)12/h4-6,10H,2-3,13H2,1H3,(H,14,15)/t10-/m1/s1. The number of hydrogen-bond donors (Lipinski definition) is 2. The first kappa shape index (κ1) is 11.7. The summed E-state index contributed by atoms with van der Waals surface area (Å²) in [6.07, 6.45) is 1.47. The molecule has 0 unspecified atom stereocenters. The first-order valence-electron chi connectivity index (χ1n) is 4.84. The predicted molar refractivity (Wildman–Crippen MR) is 55.2 cm³/mol. The van der Waals surface area contributed by atoms with Crippen LogP contribution in [0.25, 0.3) is 0 Å². The lowest BCUT2D eigenvalue weighted by atomic mass is 10.0. The average Bonchev–Trinajstić information content (AvgIpc) is 2.18. The molecule has 0 aromatic heterocycles. The molecule has 0 bridgehead atoms. The molecule has 0 spiro atoms. The lowest BCUT2D eigenvalue weighted by molar-refractivity contribution is 0.0696. The summed E-state index contributed by atoms with van der Waals surface area (Å²) in [6, 6.07) is 3.25. The molecular weight excluding hydrogens is 197 g/mol. The number of nitrogens with two attached hydrogens (primary N) is 1. The van der Waals surface area contributed by atoms with Gasteiger partial charge in [-0.15, -0.1) is 0 Å². The van der Waals surface area contributed by atoms with Crippen LogP contribution in [-0.4, -0.2) is 11.1 Å². The van der Waals surface area contributed by atoms with Gasteiger partial charge in [0.1, 0.15) is 5.82 Å². The Bertz CT molecular complexity index is 366. The molecule has 0 fully saturated rings. The molecule has 15 heavy (non-hydrogen) atoms. The van der Waals surface area contributed by atoms with Crippen LogP contribution in [0.2, 0.25) is 0 Å². The van der Waals surface area contributed by atoms with Crippen LogP contribution in [0.5, 0.6) is 0 Å². The van der Waals surface area contributed by atoms with Gasteiger partial charge in [0, 0.05) is 11.6 Å². The van der Waals surface area contributed by atoms with Crippen LogP contribution in [0.3, 0.4) is 0 Å². The maximum Gasteiger partial charge on any atom is 0.335 e. The number of carbonyl (C=O) groups is 1. The molecule has 0 aliphatic rings. The Morgan fingerprint density at radius 2 is 2.27 bits per heavy atom. The smallest absolute Gasteiger partial charge is 0.335 e. The Balaban J connectivity index is 3.04. The van der Waals surface area contributed by atoms with Crippen molar-refractivity contribution >= 4 is 5.97 Å². The van der Waals surface area contributed by atoms with Gasteiger partial charge in [-0.1, -0.05) is 13.3 Å². The van der Waals surface area contributed by atoms with Crippen LogP contribution < -0.4 is 5.73 Å². The molecular formula is C11H14FNO2. The summed E-state index contributed by atoms with van der Waals surface area (Å²) < 4.78 is 13.3. The Kier molecular flexibility index (Phi) is 3.80. The van der Waals surface area contributed by atoms with Crippen molar-refractivity contribution in [1.29, 1.82) is 0 Å². The van der Waals surface area contributed by atoms with E-state index in [1.165, 1.54) is 12.1 Å². The average molecular weight is 211 g/mol. The van der Waals surface area contributed by atoms with Gasteiger partial charge in [0.05, 0.1) is 5.56 Å². The number of hydrogen-bond acceptors (Lipinski definition) is 2. The normalized spacial score (nSPS) is 12.5. The highest BCUT2D eigenvalue weighted by atomic mass is 19.1. The quantitative estimate of drug-likeness (QED) is 0.803. The third-order valence-corrected chi connectivity index (χ3v) is 2.24. The molecule has 0 saturated carbocycles. The van der Waals surface area contributed by atoms with Gasteiger partial charge in [0.25, 0.3) is 0 Å². The van der Waals surface area contributed by atoms with Crippen molar-refractivity contribution < 1.29 is 14.3 Å². The molecule has 0 aliphatic heterocycles. The number of rotatable bonds is 4. The van der Waals surface area contributed by atoms with E-state index < -0.39 is 17.8 Å². The summed E-state index contributed by atoms with van der Waals surface area (Å²) in [5.41, 5.74) is 6.08. The van der Waals surface area contributed by atoms with Crippen LogP contribution in [0, 0.1) is 5.82 Å². The van der Waals surface area contributed by atoms with Gasteiger partial charge in [-0.25, -0.2) is 9.18 Å². The van der Waals surface area contributed by atoms with E-state index in [0.29, 0.717) is 6.42 Å². The van der Waals surface area contributed by atoms with Crippen LogP contribution in [0.15, 0.2) is 18.2 Å². The minimum absolute atomic E-state index is 0.0675. The minimum atomic E-state index is -1.07. The third-order valence-electron chi connectivity index (χ3n) is 2.24. The van der Waals surface area contributed by atoms with Crippen molar-refractivity contribution in [2.75, 3.05) is 0 Å². The highest BCUT2D eigenvalue weighted by Crippen LogP contribution is 2.20. The van der Waals surface area contributed by atoms with Crippen molar-refractivity contribution in [1.82, 2.24) is 0 Å². The number of carboxylic acids is 1. The Morgan fingerprint density at radius 1 is 1.60 bits per heavy atom. The maximum absolute atomic E-state index is 13.3. The number of aromatic carboxylic acids is 1. The van der Waals surface area contributed by atoms with Gasteiger partial charge in [0.2, 0.25) is 0 Å². The zero-order valence-corrected chi connectivity index (χ0v) is 8.53. The van der Waals surface area contributed by atoms with E-state index in [0.717, 1.165) is 12.5 Å². The monoisotopic (exact) mass is 211 g/mol. The highest BCUT2D eigenvalue weighted by Gasteiger charge is 2.13. The van der Waals surface area contributed by atoms with E-state index in [1.54, 1.807) is 0 Å². The molecule has 0 radical (unpaired) electrons. The summed E-state index contributed by atoms with van der Waals surface area (Å²) in [7, 11) is 0.